The summed E-state index contributed by atoms with van der Waals surface area (Å²) in [4.78, 5) is 2.30. The van der Waals surface area contributed by atoms with Crippen molar-refractivity contribution in [2.45, 2.75) is 9.79 Å². The van der Waals surface area contributed by atoms with Crippen molar-refractivity contribution in [2.75, 3.05) is 6.26 Å². The van der Waals surface area contributed by atoms with Crippen LogP contribution in [0.4, 0.5) is 0 Å². The van der Waals surface area contributed by atoms with E-state index in [-0.39, 0.29) is 0 Å². The normalized spacial score (nSPS) is 10.3. The summed E-state index contributed by atoms with van der Waals surface area (Å²) in [6, 6.07) is 16.8. The lowest BCUT2D eigenvalue weighted by Crippen LogP contribution is -1.77. The van der Waals surface area contributed by atoms with Crippen LogP contribution in [0.1, 0.15) is 0 Å². The van der Waals surface area contributed by atoms with E-state index in [0.717, 1.165) is 4.90 Å². The Balaban J connectivity index is 2.33. The van der Waals surface area contributed by atoms with Crippen molar-refractivity contribution in [3.05, 3.63) is 48.5 Å². The molecule has 15 heavy (non-hydrogen) atoms. The summed E-state index contributed by atoms with van der Waals surface area (Å²) in [5.74, 6) is 0. The molecule has 2 rings (SSSR count). The molecule has 0 amide bonds. The van der Waals surface area contributed by atoms with Gasteiger partial charge in [0, 0.05) is 9.79 Å². The molecule has 0 spiro atoms. The van der Waals surface area contributed by atoms with Crippen molar-refractivity contribution in [1.29, 1.82) is 0 Å². The summed E-state index contributed by atoms with van der Waals surface area (Å²) < 4.78 is 0. The molecular weight excluding hydrogens is 220 g/mol. The van der Waals surface area contributed by atoms with Crippen LogP contribution < -0.4 is 0 Å². The molecule has 0 heterocycles. The van der Waals surface area contributed by atoms with Gasteiger partial charge < -0.3 is 0 Å². The van der Waals surface area contributed by atoms with Gasteiger partial charge in [0.15, 0.2) is 0 Å². The summed E-state index contributed by atoms with van der Waals surface area (Å²) in [6.07, 6.45) is 2.09. The van der Waals surface area contributed by atoms with Gasteiger partial charge in [0.2, 0.25) is 0 Å². The van der Waals surface area contributed by atoms with E-state index in [9.17, 15) is 0 Å². The maximum atomic E-state index is 4.27. The summed E-state index contributed by atoms with van der Waals surface area (Å²) in [6.45, 7) is 0. The highest BCUT2D eigenvalue weighted by Gasteiger charge is 1.97. The van der Waals surface area contributed by atoms with Crippen molar-refractivity contribution in [3.8, 4) is 11.1 Å². The quantitative estimate of drug-likeness (QED) is 0.593. The van der Waals surface area contributed by atoms with E-state index in [4.69, 9.17) is 0 Å². The summed E-state index contributed by atoms with van der Waals surface area (Å²) in [5.41, 5.74) is 2.49. The first-order valence-corrected chi connectivity index (χ1v) is 6.40. The number of rotatable bonds is 2. The minimum Gasteiger partial charge on any atom is -0.143 e. The Labute approximate surface area is 100 Å². The minimum atomic E-state index is 1.000. The Bertz CT molecular complexity index is 429. The van der Waals surface area contributed by atoms with Crippen LogP contribution >= 0.6 is 24.4 Å². The summed E-state index contributed by atoms with van der Waals surface area (Å²) >= 11 is 6.04. The lowest BCUT2D eigenvalue weighted by molar-refractivity contribution is 1.44. The fourth-order valence-corrected chi connectivity index (χ4v) is 1.99. The van der Waals surface area contributed by atoms with Gasteiger partial charge >= 0.3 is 0 Å². The van der Waals surface area contributed by atoms with Gasteiger partial charge in [-0.1, -0.05) is 24.3 Å². The Kier molecular flexibility index (Phi) is 3.39. The van der Waals surface area contributed by atoms with Crippen molar-refractivity contribution < 1.29 is 0 Å². The third kappa shape index (κ3) is 2.58. The van der Waals surface area contributed by atoms with E-state index in [1.165, 1.54) is 16.0 Å². The fraction of sp³-hybridized carbons (Fsp3) is 0.0769. The van der Waals surface area contributed by atoms with Gasteiger partial charge in [0.1, 0.15) is 0 Å². The molecule has 0 aromatic heterocycles. The SMILES string of the molecule is CSc1ccc(-c2ccc(S)cc2)cc1. The van der Waals surface area contributed by atoms with Crippen LogP contribution in [-0.2, 0) is 0 Å². The highest BCUT2D eigenvalue weighted by Crippen LogP contribution is 2.23. The van der Waals surface area contributed by atoms with Gasteiger partial charge in [-0.15, -0.1) is 24.4 Å². The molecule has 0 bridgehead atoms. The third-order valence-electron chi connectivity index (χ3n) is 2.29. The summed E-state index contributed by atoms with van der Waals surface area (Å²) in [5, 5.41) is 0. The first kappa shape index (κ1) is 10.7. The van der Waals surface area contributed by atoms with Crippen molar-refractivity contribution in [2.24, 2.45) is 0 Å². The minimum absolute atomic E-state index is 1.000. The highest BCUT2D eigenvalue weighted by atomic mass is 32.2. The van der Waals surface area contributed by atoms with Crippen LogP contribution in [0.15, 0.2) is 58.3 Å². The lowest BCUT2D eigenvalue weighted by atomic mass is 10.1. The van der Waals surface area contributed by atoms with E-state index in [2.05, 4.69) is 55.3 Å². The molecule has 76 valence electrons. The molecule has 0 aliphatic heterocycles. The molecule has 0 atom stereocenters. The number of hydrogen-bond donors (Lipinski definition) is 1. The van der Waals surface area contributed by atoms with E-state index in [1.54, 1.807) is 11.8 Å². The second kappa shape index (κ2) is 4.77. The van der Waals surface area contributed by atoms with Gasteiger partial charge in [0.05, 0.1) is 0 Å². The molecule has 2 aromatic rings. The highest BCUT2D eigenvalue weighted by molar-refractivity contribution is 7.98. The number of thiol groups is 1. The number of thioether (sulfide) groups is 1. The molecule has 2 heteroatoms. The Hall–Kier alpha value is -0.860. The smallest absolute Gasteiger partial charge is 0.00695 e. The van der Waals surface area contributed by atoms with Gasteiger partial charge in [-0.2, -0.15) is 0 Å². The largest absolute Gasteiger partial charge is 0.143 e. The Morgan fingerprint density at radius 3 is 1.73 bits per heavy atom. The molecule has 0 nitrogen and oxygen atoms in total. The van der Waals surface area contributed by atoms with Crippen LogP contribution in [-0.4, -0.2) is 6.26 Å². The predicted molar refractivity (Wildman–Crippen MR) is 70.9 cm³/mol. The van der Waals surface area contributed by atoms with E-state index >= 15 is 0 Å². The molecule has 0 saturated carbocycles. The topological polar surface area (TPSA) is 0 Å². The van der Waals surface area contributed by atoms with E-state index < -0.39 is 0 Å². The predicted octanol–water partition coefficient (Wildman–Crippen LogP) is 4.36. The Morgan fingerprint density at radius 1 is 0.800 bits per heavy atom. The van der Waals surface area contributed by atoms with Crippen LogP contribution in [0.3, 0.4) is 0 Å². The van der Waals surface area contributed by atoms with E-state index in [0.29, 0.717) is 0 Å². The molecule has 0 aliphatic rings. The van der Waals surface area contributed by atoms with Gasteiger partial charge in [-0.25, -0.2) is 0 Å². The molecule has 2 aromatic carbocycles. The monoisotopic (exact) mass is 232 g/mol. The molecule has 0 aliphatic carbocycles. The molecule has 0 radical (unpaired) electrons. The number of benzene rings is 2. The van der Waals surface area contributed by atoms with Gasteiger partial charge in [-0.3, -0.25) is 0 Å². The zero-order valence-corrected chi connectivity index (χ0v) is 10.2. The number of hydrogen-bond acceptors (Lipinski definition) is 2. The van der Waals surface area contributed by atoms with Crippen LogP contribution in [0, 0.1) is 0 Å². The lowest BCUT2D eigenvalue weighted by Gasteiger charge is -2.03. The molecule has 0 fully saturated rings. The van der Waals surface area contributed by atoms with Crippen molar-refractivity contribution in [1.82, 2.24) is 0 Å². The second-order valence-electron chi connectivity index (χ2n) is 3.28. The maximum absolute atomic E-state index is 4.27. The van der Waals surface area contributed by atoms with Gasteiger partial charge in [-0.05, 0) is 41.6 Å². The van der Waals surface area contributed by atoms with Crippen LogP contribution in [0.5, 0.6) is 0 Å². The Morgan fingerprint density at radius 2 is 1.27 bits per heavy atom. The molecule has 0 unspecified atom stereocenters. The maximum Gasteiger partial charge on any atom is 0.00695 e. The molecule has 0 N–H and O–H groups in total. The third-order valence-corrected chi connectivity index (χ3v) is 3.33. The van der Waals surface area contributed by atoms with Crippen molar-refractivity contribution in [3.63, 3.8) is 0 Å². The molecular formula is C13H12S2. The zero-order chi connectivity index (χ0) is 10.7. The van der Waals surface area contributed by atoms with E-state index in [1.807, 2.05) is 12.1 Å². The first-order valence-electron chi connectivity index (χ1n) is 4.73. The fourth-order valence-electron chi connectivity index (χ4n) is 1.44. The van der Waals surface area contributed by atoms with Crippen molar-refractivity contribution >= 4 is 24.4 Å². The second-order valence-corrected chi connectivity index (χ2v) is 4.67. The average molecular weight is 232 g/mol. The first-order chi connectivity index (χ1) is 7.29. The zero-order valence-electron chi connectivity index (χ0n) is 8.47. The summed E-state index contributed by atoms with van der Waals surface area (Å²) in [7, 11) is 0. The van der Waals surface area contributed by atoms with Crippen LogP contribution in [0.2, 0.25) is 0 Å². The average Bonchev–Trinajstić information content (AvgIpc) is 2.30. The van der Waals surface area contributed by atoms with Gasteiger partial charge in [0.25, 0.3) is 0 Å². The standard InChI is InChI=1S/C13H12S2/c1-15-13-8-4-11(5-9-13)10-2-6-12(14)7-3-10/h2-9,14H,1H3. The van der Waals surface area contributed by atoms with Crippen LogP contribution in [0.25, 0.3) is 11.1 Å². The molecule has 0 saturated heterocycles.